The van der Waals surface area contributed by atoms with E-state index in [1.54, 1.807) is 17.0 Å². The van der Waals surface area contributed by atoms with Gasteiger partial charge in [0, 0.05) is 12.2 Å². The highest BCUT2D eigenvalue weighted by Crippen LogP contribution is 2.31. The van der Waals surface area contributed by atoms with E-state index in [9.17, 15) is 14.7 Å². The number of carboxylic acid groups (broad SMARTS) is 1. The third-order valence-corrected chi connectivity index (χ3v) is 4.36. The lowest BCUT2D eigenvalue weighted by molar-refractivity contribution is -0.121. The molecule has 0 aromatic heterocycles. The Balaban J connectivity index is 1.91. The van der Waals surface area contributed by atoms with E-state index in [4.69, 9.17) is 0 Å². The van der Waals surface area contributed by atoms with Crippen LogP contribution in [0.15, 0.2) is 18.2 Å². The molecule has 1 amide bonds. The van der Waals surface area contributed by atoms with Crippen molar-refractivity contribution < 1.29 is 14.7 Å². The molecule has 2 heterocycles. The summed E-state index contributed by atoms with van der Waals surface area (Å²) in [4.78, 5) is 25.8. The summed E-state index contributed by atoms with van der Waals surface area (Å²) in [6.45, 7) is 1.55. The number of carbonyl (C=O) groups excluding carboxylic acids is 1. The zero-order valence-corrected chi connectivity index (χ0v) is 12.0. The number of aromatic carboxylic acids is 1. The molecule has 5 nitrogen and oxygen atoms in total. The molecule has 0 spiro atoms. The summed E-state index contributed by atoms with van der Waals surface area (Å²) < 4.78 is 0. The molecule has 1 fully saturated rings. The Morgan fingerprint density at radius 3 is 2.81 bits per heavy atom. The van der Waals surface area contributed by atoms with Gasteiger partial charge in [0.1, 0.15) is 0 Å². The zero-order valence-electron chi connectivity index (χ0n) is 12.0. The summed E-state index contributed by atoms with van der Waals surface area (Å²) in [7, 11) is 0. The maximum Gasteiger partial charge on any atom is 0.336 e. The number of fused-ring (bicyclic) bond motifs is 1. The van der Waals surface area contributed by atoms with Gasteiger partial charge in [-0.05, 0) is 49.9 Å². The molecular formula is C16H20N2O3. The van der Waals surface area contributed by atoms with Crippen LogP contribution in [0.5, 0.6) is 0 Å². The van der Waals surface area contributed by atoms with Gasteiger partial charge in [-0.25, -0.2) is 4.79 Å². The van der Waals surface area contributed by atoms with E-state index in [0.29, 0.717) is 12.1 Å². The van der Waals surface area contributed by atoms with Crippen LogP contribution in [0.1, 0.15) is 41.6 Å². The normalized spacial score (nSPS) is 21.7. The average molecular weight is 288 g/mol. The van der Waals surface area contributed by atoms with Crippen molar-refractivity contribution in [2.24, 2.45) is 0 Å². The first-order valence-electron chi connectivity index (χ1n) is 7.58. The SMILES string of the molecule is O=C(O)c1cccc2c1CCCN2C(=O)[C@@H]1CCCCN1. The fraction of sp³-hybridized carbons (Fsp3) is 0.500. The molecule has 1 aromatic rings. The molecule has 0 bridgehead atoms. The van der Waals surface area contributed by atoms with Crippen LogP contribution >= 0.6 is 0 Å². The highest BCUT2D eigenvalue weighted by molar-refractivity contribution is 6.00. The summed E-state index contributed by atoms with van der Waals surface area (Å²) in [6, 6.07) is 5.08. The standard InChI is InChI=1S/C16H20N2O3/c19-15(13-7-1-2-9-17-13)18-10-4-6-11-12(16(20)21)5-3-8-14(11)18/h3,5,8,13,17H,1-2,4,6-7,9-10H2,(H,20,21)/t13-/m0/s1. The summed E-state index contributed by atoms with van der Waals surface area (Å²) in [6.07, 6.45) is 4.58. The molecule has 5 heteroatoms. The molecule has 0 unspecified atom stereocenters. The van der Waals surface area contributed by atoms with E-state index in [2.05, 4.69) is 5.32 Å². The first-order chi connectivity index (χ1) is 10.2. The molecule has 1 aromatic carbocycles. The van der Waals surface area contributed by atoms with Crippen LogP contribution in [0, 0.1) is 0 Å². The van der Waals surface area contributed by atoms with Gasteiger partial charge in [0.15, 0.2) is 0 Å². The predicted molar refractivity (Wildman–Crippen MR) is 79.7 cm³/mol. The lowest BCUT2D eigenvalue weighted by Gasteiger charge is -2.34. The molecule has 1 saturated heterocycles. The number of nitrogens with one attached hydrogen (secondary N) is 1. The van der Waals surface area contributed by atoms with Crippen molar-refractivity contribution in [1.82, 2.24) is 5.32 Å². The fourth-order valence-corrected chi connectivity index (χ4v) is 3.30. The van der Waals surface area contributed by atoms with Crippen LogP contribution in [0.2, 0.25) is 0 Å². The molecule has 2 aliphatic heterocycles. The molecule has 0 aliphatic carbocycles. The van der Waals surface area contributed by atoms with E-state index in [1.807, 2.05) is 6.07 Å². The minimum absolute atomic E-state index is 0.0817. The van der Waals surface area contributed by atoms with Crippen LogP contribution in [0.3, 0.4) is 0 Å². The van der Waals surface area contributed by atoms with Crippen molar-refractivity contribution in [2.75, 3.05) is 18.0 Å². The second-order valence-corrected chi connectivity index (χ2v) is 5.70. The van der Waals surface area contributed by atoms with Crippen molar-refractivity contribution in [1.29, 1.82) is 0 Å². The van der Waals surface area contributed by atoms with Gasteiger partial charge < -0.3 is 15.3 Å². The van der Waals surface area contributed by atoms with Crippen molar-refractivity contribution in [3.63, 3.8) is 0 Å². The summed E-state index contributed by atoms with van der Waals surface area (Å²) in [5, 5.41) is 12.6. The monoisotopic (exact) mass is 288 g/mol. The average Bonchev–Trinajstić information content (AvgIpc) is 2.53. The number of hydrogen-bond acceptors (Lipinski definition) is 3. The quantitative estimate of drug-likeness (QED) is 0.870. The van der Waals surface area contributed by atoms with E-state index in [-0.39, 0.29) is 11.9 Å². The fourth-order valence-electron chi connectivity index (χ4n) is 3.30. The minimum Gasteiger partial charge on any atom is -0.478 e. The van der Waals surface area contributed by atoms with Crippen molar-refractivity contribution in [3.8, 4) is 0 Å². The Morgan fingerprint density at radius 2 is 2.10 bits per heavy atom. The second-order valence-electron chi connectivity index (χ2n) is 5.70. The number of rotatable bonds is 2. The highest BCUT2D eigenvalue weighted by atomic mass is 16.4. The Labute approximate surface area is 123 Å². The van der Waals surface area contributed by atoms with Crippen LogP contribution < -0.4 is 10.2 Å². The molecule has 2 N–H and O–H groups in total. The van der Waals surface area contributed by atoms with Gasteiger partial charge in [-0.15, -0.1) is 0 Å². The minimum atomic E-state index is -0.919. The molecule has 112 valence electrons. The summed E-state index contributed by atoms with van der Waals surface area (Å²) in [5.74, 6) is -0.838. The number of hydrogen-bond donors (Lipinski definition) is 2. The Kier molecular flexibility index (Phi) is 3.92. The van der Waals surface area contributed by atoms with Gasteiger partial charge in [0.25, 0.3) is 0 Å². The third-order valence-electron chi connectivity index (χ3n) is 4.36. The highest BCUT2D eigenvalue weighted by Gasteiger charge is 2.30. The van der Waals surface area contributed by atoms with Gasteiger partial charge in [0.05, 0.1) is 11.6 Å². The molecular weight excluding hydrogens is 268 g/mol. The lowest BCUT2D eigenvalue weighted by Crippen LogP contribution is -2.50. The van der Waals surface area contributed by atoms with Gasteiger partial charge in [-0.1, -0.05) is 12.5 Å². The van der Waals surface area contributed by atoms with Crippen molar-refractivity contribution in [2.45, 2.75) is 38.1 Å². The molecule has 1 atom stereocenters. The van der Waals surface area contributed by atoms with E-state index in [1.165, 1.54) is 0 Å². The largest absolute Gasteiger partial charge is 0.478 e. The van der Waals surface area contributed by atoms with Crippen LogP contribution in [0.25, 0.3) is 0 Å². The van der Waals surface area contributed by atoms with Crippen LogP contribution in [0.4, 0.5) is 5.69 Å². The number of nitrogens with zero attached hydrogens (tertiary/aromatic N) is 1. The van der Waals surface area contributed by atoms with Gasteiger partial charge in [0.2, 0.25) is 5.91 Å². The van der Waals surface area contributed by atoms with Gasteiger partial charge in [-0.2, -0.15) is 0 Å². The Hall–Kier alpha value is -1.88. The van der Waals surface area contributed by atoms with Crippen molar-refractivity contribution in [3.05, 3.63) is 29.3 Å². The van der Waals surface area contributed by atoms with E-state index < -0.39 is 5.97 Å². The smallest absolute Gasteiger partial charge is 0.336 e. The number of carboxylic acids is 1. The number of piperidine rings is 1. The second kappa shape index (κ2) is 5.85. The number of amides is 1. The maximum atomic E-state index is 12.7. The summed E-state index contributed by atoms with van der Waals surface area (Å²) >= 11 is 0. The topological polar surface area (TPSA) is 69.6 Å². The number of anilines is 1. The predicted octanol–water partition coefficient (Wildman–Crippen LogP) is 1.81. The molecule has 2 aliphatic rings. The third kappa shape index (κ3) is 2.65. The molecule has 3 rings (SSSR count). The molecule has 0 radical (unpaired) electrons. The Morgan fingerprint density at radius 1 is 1.24 bits per heavy atom. The van der Waals surface area contributed by atoms with Gasteiger partial charge >= 0.3 is 5.97 Å². The first-order valence-corrected chi connectivity index (χ1v) is 7.58. The first kappa shape index (κ1) is 14.1. The lowest BCUT2D eigenvalue weighted by atomic mass is 9.95. The number of benzene rings is 1. The zero-order chi connectivity index (χ0) is 14.8. The van der Waals surface area contributed by atoms with Gasteiger partial charge in [-0.3, -0.25) is 4.79 Å². The van der Waals surface area contributed by atoms with Crippen LogP contribution in [-0.4, -0.2) is 36.1 Å². The van der Waals surface area contributed by atoms with Crippen LogP contribution in [-0.2, 0) is 11.2 Å². The Bertz CT molecular complexity index is 565. The summed E-state index contributed by atoms with van der Waals surface area (Å²) in [5.41, 5.74) is 1.89. The van der Waals surface area contributed by atoms with E-state index >= 15 is 0 Å². The maximum absolute atomic E-state index is 12.7. The molecule has 21 heavy (non-hydrogen) atoms. The van der Waals surface area contributed by atoms with E-state index in [0.717, 1.165) is 49.9 Å². The number of carbonyl (C=O) groups is 2. The molecule has 0 saturated carbocycles. The van der Waals surface area contributed by atoms with Crippen molar-refractivity contribution >= 4 is 17.6 Å².